The lowest BCUT2D eigenvalue weighted by Crippen LogP contribution is -2.20. The van der Waals surface area contributed by atoms with E-state index in [0.717, 1.165) is 44.6 Å². The number of nitrogens with zero attached hydrogens (tertiary/aromatic N) is 4. The molecule has 0 saturated carbocycles. The summed E-state index contributed by atoms with van der Waals surface area (Å²) in [6.45, 7) is 0. The predicted molar refractivity (Wildman–Crippen MR) is 217 cm³/mol. The van der Waals surface area contributed by atoms with Gasteiger partial charge in [0.25, 0.3) is 0 Å². The Balaban J connectivity index is 0.000000290. The molecule has 4 aromatic carbocycles. The Morgan fingerprint density at radius 3 is 1.27 bits per heavy atom. The minimum absolute atomic E-state index is 0. The number of amides is 4. The maximum absolute atomic E-state index is 13.7. The van der Waals surface area contributed by atoms with E-state index in [1.807, 2.05) is 0 Å². The van der Waals surface area contributed by atoms with E-state index in [4.69, 9.17) is 9.47 Å². The Bertz CT molecular complexity index is 2140. The van der Waals surface area contributed by atoms with Gasteiger partial charge in [-0.25, -0.2) is 27.2 Å². The van der Waals surface area contributed by atoms with Crippen molar-refractivity contribution >= 4 is 66.7 Å². The maximum atomic E-state index is 13.7. The molecule has 0 aliphatic carbocycles. The molecule has 0 aliphatic rings. The fourth-order valence-electron chi connectivity index (χ4n) is 5.12. The highest BCUT2D eigenvalue weighted by Crippen LogP contribution is 2.38. The van der Waals surface area contributed by atoms with E-state index in [0.29, 0.717) is 46.1 Å². The van der Waals surface area contributed by atoms with E-state index in [1.54, 1.807) is 86.5 Å². The Morgan fingerprint density at radius 2 is 0.964 bits per heavy atom. The first-order valence-corrected chi connectivity index (χ1v) is 17.1. The number of urea groups is 2. The van der Waals surface area contributed by atoms with Gasteiger partial charge in [-0.1, -0.05) is 14.9 Å². The van der Waals surface area contributed by atoms with E-state index in [9.17, 15) is 27.2 Å². The SMILES string of the molecule is C.C.COc1ccc(NC(=O)Nc2ccc(F)cc2F)cc1-c1c(Br)cnn1C.COc1ccc(NC(=O)Nc2ccc(F)cc2F)cc1-c1c(Br)cnn1C. The van der Waals surface area contributed by atoms with Crippen molar-refractivity contribution in [2.45, 2.75) is 14.9 Å². The van der Waals surface area contributed by atoms with Gasteiger partial charge in [0, 0.05) is 48.7 Å². The summed E-state index contributed by atoms with van der Waals surface area (Å²) in [5.41, 5.74) is 3.60. The number of anilines is 4. The molecule has 0 fully saturated rings. The van der Waals surface area contributed by atoms with E-state index in [2.05, 4.69) is 63.3 Å². The predicted octanol–water partition coefficient (Wildman–Crippen LogP) is 10.8. The number of methoxy groups -OCH3 is 2. The van der Waals surface area contributed by atoms with Crippen LogP contribution >= 0.6 is 31.9 Å². The van der Waals surface area contributed by atoms with Gasteiger partial charge >= 0.3 is 12.1 Å². The average molecular weight is 907 g/mol. The third kappa shape index (κ3) is 10.7. The highest BCUT2D eigenvalue weighted by molar-refractivity contribution is 9.11. The van der Waals surface area contributed by atoms with E-state index < -0.39 is 35.3 Å². The lowest BCUT2D eigenvalue weighted by molar-refractivity contribution is 0.261. The average Bonchev–Trinajstić information content (AvgIpc) is 3.65. The third-order valence-electron chi connectivity index (χ3n) is 7.57. The molecular formula is C38H38Br2F4N8O4. The summed E-state index contributed by atoms with van der Waals surface area (Å²) in [7, 11) is 6.65. The summed E-state index contributed by atoms with van der Waals surface area (Å²) in [5, 5.41) is 18.3. The van der Waals surface area contributed by atoms with Crippen LogP contribution in [0.2, 0.25) is 0 Å². The molecule has 0 atom stereocenters. The zero-order valence-electron chi connectivity index (χ0n) is 28.8. The molecule has 0 spiro atoms. The van der Waals surface area contributed by atoms with E-state index in [-0.39, 0.29) is 26.2 Å². The lowest BCUT2D eigenvalue weighted by atomic mass is 10.1. The quantitative estimate of drug-likeness (QED) is 0.112. The molecule has 56 heavy (non-hydrogen) atoms. The molecule has 2 aromatic heterocycles. The molecule has 6 aromatic rings. The number of hydrogen-bond donors (Lipinski definition) is 4. The molecule has 18 heteroatoms. The van der Waals surface area contributed by atoms with Gasteiger partial charge in [-0.3, -0.25) is 9.36 Å². The molecule has 0 bridgehead atoms. The number of benzene rings is 4. The number of ether oxygens (including phenoxy) is 2. The third-order valence-corrected chi connectivity index (χ3v) is 8.73. The van der Waals surface area contributed by atoms with E-state index in [1.165, 1.54) is 0 Å². The van der Waals surface area contributed by atoms with Crippen molar-refractivity contribution in [1.29, 1.82) is 0 Å². The molecule has 0 unspecified atom stereocenters. The zero-order chi connectivity index (χ0) is 39.1. The summed E-state index contributed by atoms with van der Waals surface area (Å²) < 4.78 is 68.9. The number of carbonyl (C=O) groups is 2. The number of carbonyl (C=O) groups excluding carboxylic acids is 2. The van der Waals surface area contributed by atoms with Crippen LogP contribution in [0.15, 0.2) is 94.1 Å². The van der Waals surface area contributed by atoms with Gasteiger partial charge in [-0.2, -0.15) is 10.2 Å². The second kappa shape index (κ2) is 19.6. The van der Waals surface area contributed by atoms with E-state index >= 15 is 0 Å². The van der Waals surface area contributed by atoms with Crippen molar-refractivity contribution in [3.05, 3.63) is 117 Å². The van der Waals surface area contributed by atoms with Crippen LogP contribution in [0.5, 0.6) is 11.5 Å². The fourth-order valence-corrected chi connectivity index (χ4v) is 6.24. The second-order valence-electron chi connectivity index (χ2n) is 11.2. The molecule has 2 heterocycles. The van der Waals surface area contributed by atoms with Gasteiger partial charge in [0.15, 0.2) is 0 Å². The highest BCUT2D eigenvalue weighted by Gasteiger charge is 2.18. The Kier molecular flexibility index (Phi) is 15.6. The number of aryl methyl sites for hydroxylation is 2. The molecule has 296 valence electrons. The second-order valence-corrected chi connectivity index (χ2v) is 12.9. The van der Waals surface area contributed by atoms with Gasteiger partial charge in [-0.15, -0.1) is 0 Å². The van der Waals surface area contributed by atoms with Crippen LogP contribution in [0.25, 0.3) is 22.5 Å². The van der Waals surface area contributed by atoms with Crippen molar-refractivity contribution in [2.24, 2.45) is 14.1 Å². The van der Waals surface area contributed by atoms with Crippen LogP contribution < -0.4 is 30.7 Å². The lowest BCUT2D eigenvalue weighted by Gasteiger charge is -2.13. The van der Waals surface area contributed by atoms with Gasteiger partial charge < -0.3 is 30.7 Å². The largest absolute Gasteiger partial charge is 0.496 e. The number of aromatic nitrogens is 4. The molecule has 4 amide bonds. The number of hydrogen-bond acceptors (Lipinski definition) is 6. The van der Waals surface area contributed by atoms with Gasteiger partial charge in [0.1, 0.15) is 34.8 Å². The van der Waals surface area contributed by atoms with Crippen LogP contribution in [0.4, 0.5) is 49.9 Å². The van der Waals surface area contributed by atoms with Crippen molar-refractivity contribution in [1.82, 2.24) is 19.6 Å². The first-order chi connectivity index (χ1) is 25.8. The zero-order valence-corrected chi connectivity index (χ0v) is 31.9. The molecule has 0 saturated heterocycles. The van der Waals surface area contributed by atoms with Crippen molar-refractivity contribution in [2.75, 3.05) is 35.5 Å². The number of halogens is 6. The van der Waals surface area contributed by atoms with Crippen LogP contribution in [-0.4, -0.2) is 45.8 Å². The standard InChI is InChI=1S/2C18H15BrF2N4O2.2CH4/c2*1-25-17(13(19)9-22-25)12-8-11(4-6-16(12)27-2)23-18(26)24-15-5-3-10(20)7-14(15)21;;/h2*3-9H,1-2H3,(H2,23,24,26);2*1H4. The first-order valence-electron chi connectivity index (χ1n) is 15.6. The maximum Gasteiger partial charge on any atom is 0.323 e. The highest BCUT2D eigenvalue weighted by atomic mass is 79.9. The summed E-state index contributed by atoms with van der Waals surface area (Å²) in [6, 6.07) is 14.6. The summed E-state index contributed by atoms with van der Waals surface area (Å²) in [4.78, 5) is 24.3. The molecule has 0 radical (unpaired) electrons. The van der Waals surface area contributed by atoms with Crippen LogP contribution in [0.3, 0.4) is 0 Å². The topological polar surface area (TPSA) is 136 Å². The summed E-state index contributed by atoms with van der Waals surface area (Å²) in [5.74, 6) is -1.98. The first kappa shape index (κ1) is 44.5. The van der Waals surface area contributed by atoms with Gasteiger partial charge in [-0.05, 0) is 92.5 Å². The van der Waals surface area contributed by atoms with Gasteiger partial charge in [0.2, 0.25) is 0 Å². The van der Waals surface area contributed by atoms with Crippen LogP contribution in [0, 0.1) is 23.3 Å². The molecule has 6 rings (SSSR count). The summed E-state index contributed by atoms with van der Waals surface area (Å²) in [6.07, 6.45) is 3.30. The minimum Gasteiger partial charge on any atom is -0.496 e. The Hall–Kier alpha value is -5.88. The van der Waals surface area contributed by atoms with Crippen molar-refractivity contribution < 1.29 is 36.6 Å². The number of nitrogens with one attached hydrogen (secondary N) is 4. The van der Waals surface area contributed by atoms with Gasteiger partial charge in [0.05, 0.1) is 58.3 Å². The fraction of sp³-hybridized carbons (Fsp3) is 0.158. The van der Waals surface area contributed by atoms with Crippen LogP contribution in [0.1, 0.15) is 14.9 Å². The molecular weight excluding hydrogens is 868 g/mol. The van der Waals surface area contributed by atoms with Crippen LogP contribution in [-0.2, 0) is 14.1 Å². The van der Waals surface area contributed by atoms with Crippen molar-refractivity contribution in [3.8, 4) is 34.0 Å². The Labute approximate surface area is 337 Å². The molecule has 0 aliphatic heterocycles. The number of rotatable bonds is 8. The molecule has 12 nitrogen and oxygen atoms in total. The normalized spacial score (nSPS) is 10.2. The monoisotopic (exact) mass is 904 g/mol. The minimum atomic E-state index is -0.862. The summed E-state index contributed by atoms with van der Waals surface area (Å²) >= 11 is 6.88. The smallest absolute Gasteiger partial charge is 0.323 e. The molecule has 4 N–H and O–H groups in total. The van der Waals surface area contributed by atoms with Crippen molar-refractivity contribution in [3.63, 3.8) is 0 Å². The Morgan fingerprint density at radius 1 is 0.589 bits per heavy atom.